The first kappa shape index (κ1) is 15.4. The van der Waals surface area contributed by atoms with Crippen molar-refractivity contribution in [2.45, 2.75) is 6.61 Å². The van der Waals surface area contributed by atoms with E-state index in [9.17, 15) is 4.79 Å². The highest BCUT2D eigenvalue weighted by molar-refractivity contribution is 6.30. The van der Waals surface area contributed by atoms with Gasteiger partial charge >= 0.3 is 0 Å². The molecule has 0 aromatic heterocycles. The van der Waals surface area contributed by atoms with Gasteiger partial charge in [-0.3, -0.25) is 4.79 Å². The van der Waals surface area contributed by atoms with Crippen LogP contribution in [0.2, 0.25) is 5.02 Å². The smallest absolute Gasteiger partial charge is 0.252 e. The topological polar surface area (TPSA) is 55.6 Å². The maximum absolute atomic E-state index is 12.0. The molecule has 4 nitrogen and oxygen atoms in total. The predicted octanol–water partition coefficient (Wildman–Crippen LogP) is 3.10. The van der Waals surface area contributed by atoms with E-state index >= 15 is 0 Å². The maximum atomic E-state index is 12.0. The normalized spacial score (nSPS) is 10.4. The van der Waals surface area contributed by atoms with Crippen molar-refractivity contribution in [1.29, 1.82) is 0 Å². The average molecular weight is 305 g/mol. The Hall–Kier alpha value is -2.04. The molecule has 2 aromatic carbocycles. The minimum absolute atomic E-state index is 0.00733. The molecule has 0 radical (unpaired) electrons. The van der Waals surface area contributed by atoms with Gasteiger partial charge in [0.2, 0.25) is 0 Å². The summed E-state index contributed by atoms with van der Waals surface area (Å²) in [6.07, 6.45) is 0. The standard InChI is InChI=1S/C16H17ClN2O2/c1-19(15-7-5-14(18)6-8-15)16(20)11-21-10-12-3-2-4-13(17)9-12/h2-9H,10-11,18H2,1H3. The van der Waals surface area contributed by atoms with Gasteiger partial charge in [-0.2, -0.15) is 0 Å². The van der Waals surface area contributed by atoms with Crippen molar-refractivity contribution in [1.82, 2.24) is 0 Å². The van der Waals surface area contributed by atoms with E-state index in [1.165, 1.54) is 4.90 Å². The van der Waals surface area contributed by atoms with Crippen molar-refractivity contribution in [3.63, 3.8) is 0 Å². The summed E-state index contributed by atoms with van der Waals surface area (Å²) < 4.78 is 5.43. The van der Waals surface area contributed by atoms with Gasteiger partial charge in [-0.25, -0.2) is 0 Å². The summed E-state index contributed by atoms with van der Waals surface area (Å²) in [4.78, 5) is 13.6. The van der Waals surface area contributed by atoms with Crippen LogP contribution in [0.25, 0.3) is 0 Å². The number of nitrogen functional groups attached to an aromatic ring is 1. The number of carbonyl (C=O) groups excluding carboxylic acids is 1. The van der Waals surface area contributed by atoms with E-state index in [0.717, 1.165) is 11.3 Å². The zero-order valence-corrected chi connectivity index (χ0v) is 12.5. The summed E-state index contributed by atoms with van der Waals surface area (Å²) >= 11 is 5.89. The molecule has 0 saturated carbocycles. The lowest BCUT2D eigenvalue weighted by Crippen LogP contribution is -2.30. The molecule has 2 aromatic rings. The fourth-order valence-corrected chi connectivity index (χ4v) is 2.03. The first-order chi connectivity index (χ1) is 10.1. The molecule has 0 atom stereocenters. The Morgan fingerprint density at radius 3 is 2.62 bits per heavy atom. The third-order valence-corrected chi connectivity index (χ3v) is 3.27. The Labute approximate surface area is 129 Å². The lowest BCUT2D eigenvalue weighted by atomic mass is 10.2. The van der Waals surface area contributed by atoms with Gasteiger partial charge in [-0.1, -0.05) is 23.7 Å². The van der Waals surface area contributed by atoms with Gasteiger partial charge in [0.1, 0.15) is 6.61 Å². The number of nitrogens with two attached hydrogens (primary N) is 1. The van der Waals surface area contributed by atoms with Crippen LogP contribution in [-0.4, -0.2) is 19.6 Å². The van der Waals surface area contributed by atoms with Gasteiger partial charge in [0, 0.05) is 23.4 Å². The fourth-order valence-electron chi connectivity index (χ4n) is 1.82. The van der Waals surface area contributed by atoms with Crippen LogP contribution < -0.4 is 10.6 Å². The summed E-state index contributed by atoms with van der Waals surface area (Å²) in [5.74, 6) is -0.123. The van der Waals surface area contributed by atoms with Crippen molar-refractivity contribution < 1.29 is 9.53 Å². The second-order valence-electron chi connectivity index (χ2n) is 4.67. The second kappa shape index (κ2) is 7.11. The van der Waals surface area contributed by atoms with Crippen LogP contribution in [-0.2, 0) is 16.1 Å². The number of benzene rings is 2. The summed E-state index contributed by atoms with van der Waals surface area (Å²) in [5, 5.41) is 0.654. The van der Waals surface area contributed by atoms with E-state index in [1.807, 2.05) is 18.2 Å². The summed E-state index contributed by atoms with van der Waals surface area (Å²) in [5.41, 5.74) is 8.00. The highest BCUT2D eigenvalue weighted by atomic mass is 35.5. The second-order valence-corrected chi connectivity index (χ2v) is 5.10. The van der Waals surface area contributed by atoms with Gasteiger partial charge in [0.25, 0.3) is 5.91 Å². The minimum atomic E-state index is -0.123. The zero-order chi connectivity index (χ0) is 15.2. The quantitative estimate of drug-likeness (QED) is 0.864. The van der Waals surface area contributed by atoms with Crippen LogP contribution in [0.5, 0.6) is 0 Å². The van der Waals surface area contributed by atoms with Crippen LogP contribution in [0, 0.1) is 0 Å². The SMILES string of the molecule is CN(C(=O)COCc1cccc(Cl)c1)c1ccc(N)cc1. The number of anilines is 2. The third-order valence-electron chi connectivity index (χ3n) is 3.04. The molecule has 0 fully saturated rings. The van der Waals surface area contributed by atoms with Gasteiger partial charge in [-0.15, -0.1) is 0 Å². The molecule has 1 amide bonds. The van der Waals surface area contributed by atoms with Crippen LogP contribution in [0.15, 0.2) is 48.5 Å². The predicted molar refractivity (Wildman–Crippen MR) is 85.4 cm³/mol. The largest absolute Gasteiger partial charge is 0.399 e. The molecule has 0 spiro atoms. The van der Waals surface area contributed by atoms with Crippen LogP contribution in [0.3, 0.4) is 0 Å². The number of amides is 1. The molecule has 0 aliphatic rings. The Morgan fingerprint density at radius 1 is 1.24 bits per heavy atom. The molecule has 0 heterocycles. The minimum Gasteiger partial charge on any atom is -0.399 e. The molecule has 21 heavy (non-hydrogen) atoms. The van der Waals surface area contributed by atoms with Gasteiger partial charge in [-0.05, 0) is 42.0 Å². The maximum Gasteiger partial charge on any atom is 0.252 e. The third kappa shape index (κ3) is 4.48. The number of ether oxygens (including phenoxy) is 1. The summed E-state index contributed by atoms with van der Waals surface area (Å²) in [7, 11) is 1.70. The Bertz CT molecular complexity index is 614. The van der Waals surface area contributed by atoms with Crippen LogP contribution in [0.1, 0.15) is 5.56 Å². The van der Waals surface area contributed by atoms with E-state index in [2.05, 4.69) is 0 Å². The van der Waals surface area contributed by atoms with Crippen LogP contribution in [0.4, 0.5) is 11.4 Å². The molecule has 0 aliphatic heterocycles. The molecule has 0 saturated heterocycles. The van der Waals surface area contributed by atoms with Gasteiger partial charge in [0.15, 0.2) is 0 Å². The van der Waals surface area contributed by atoms with Crippen molar-refractivity contribution in [2.24, 2.45) is 0 Å². The molecule has 2 N–H and O–H groups in total. The molecule has 0 unspecified atom stereocenters. The van der Waals surface area contributed by atoms with Crippen molar-refractivity contribution in [2.75, 3.05) is 24.3 Å². The summed E-state index contributed by atoms with van der Waals surface area (Å²) in [6.45, 7) is 0.356. The monoisotopic (exact) mass is 304 g/mol. The van der Waals surface area contributed by atoms with E-state index in [1.54, 1.807) is 37.4 Å². The highest BCUT2D eigenvalue weighted by Crippen LogP contribution is 2.15. The van der Waals surface area contributed by atoms with E-state index < -0.39 is 0 Å². The van der Waals surface area contributed by atoms with E-state index in [0.29, 0.717) is 17.3 Å². The van der Waals surface area contributed by atoms with Gasteiger partial charge in [0.05, 0.1) is 6.61 Å². The van der Waals surface area contributed by atoms with Crippen molar-refractivity contribution in [3.8, 4) is 0 Å². The number of nitrogens with zero attached hydrogens (tertiary/aromatic N) is 1. The number of carbonyl (C=O) groups is 1. The van der Waals surface area contributed by atoms with E-state index in [4.69, 9.17) is 22.1 Å². The number of hydrogen-bond acceptors (Lipinski definition) is 3. The number of halogens is 1. The first-order valence-electron chi connectivity index (χ1n) is 6.50. The Kier molecular flexibility index (Phi) is 5.20. The van der Waals surface area contributed by atoms with Gasteiger partial charge < -0.3 is 15.4 Å². The van der Waals surface area contributed by atoms with Crippen molar-refractivity contribution >= 4 is 28.9 Å². The molecular formula is C16H17ClN2O2. The number of hydrogen-bond donors (Lipinski definition) is 1. The van der Waals surface area contributed by atoms with E-state index in [-0.39, 0.29) is 12.5 Å². The number of likely N-dealkylation sites (N-methyl/N-ethyl adjacent to an activating group) is 1. The molecule has 2 rings (SSSR count). The zero-order valence-electron chi connectivity index (χ0n) is 11.8. The molecule has 5 heteroatoms. The lowest BCUT2D eigenvalue weighted by molar-refractivity contribution is -0.123. The Balaban J connectivity index is 1.85. The first-order valence-corrected chi connectivity index (χ1v) is 6.88. The summed E-state index contributed by atoms with van der Waals surface area (Å²) in [6, 6.07) is 14.5. The molecule has 110 valence electrons. The average Bonchev–Trinajstić information content (AvgIpc) is 2.47. The fraction of sp³-hybridized carbons (Fsp3) is 0.188. The van der Waals surface area contributed by atoms with Crippen molar-refractivity contribution in [3.05, 3.63) is 59.1 Å². The lowest BCUT2D eigenvalue weighted by Gasteiger charge is -2.17. The molecular weight excluding hydrogens is 288 g/mol. The van der Waals surface area contributed by atoms with Crippen LogP contribution >= 0.6 is 11.6 Å². The Morgan fingerprint density at radius 2 is 1.95 bits per heavy atom. The number of rotatable bonds is 5. The highest BCUT2D eigenvalue weighted by Gasteiger charge is 2.10. The molecule has 0 bridgehead atoms. The molecule has 0 aliphatic carbocycles.